The molecule has 0 saturated carbocycles. The van der Waals surface area contributed by atoms with Crippen LogP contribution in [0.1, 0.15) is 34.6 Å². The zero-order valence-electron chi connectivity index (χ0n) is 12.3. The van der Waals surface area contributed by atoms with E-state index in [2.05, 4.69) is 5.32 Å². The van der Waals surface area contributed by atoms with Crippen molar-refractivity contribution in [2.45, 2.75) is 19.4 Å². The second kappa shape index (κ2) is 6.89. The highest BCUT2D eigenvalue weighted by Crippen LogP contribution is 2.26. The predicted octanol–water partition coefficient (Wildman–Crippen LogP) is 2.00. The van der Waals surface area contributed by atoms with E-state index in [0.717, 1.165) is 0 Å². The molecule has 0 fully saturated rings. The van der Waals surface area contributed by atoms with Gasteiger partial charge in [-0.25, -0.2) is 4.39 Å². The van der Waals surface area contributed by atoms with Crippen LogP contribution in [0.4, 0.5) is 4.39 Å². The van der Waals surface area contributed by atoms with Crippen molar-refractivity contribution in [3.05, 3.63) is 41.2 Å². The summed E-state index contributed by atoms with van der Waals surface area (Å²) in [6, 6.07) is 4.59. The first kappa shape index (κ1) is 18.1. The van der Waals surface area contributed by atoms with Crippen LogP contribution in [0.25, 0.3) is 0 Å². The van der Waals surface area contributed by atoms with Gasteiger partial charge in [0.15, 0.2) is 5.78 Å². The maximum absolute atomic E-state index is 12.4. The largest absolute Gasteiger partial charge is 0.489 e. The summed E-state index contributed by atoms with van der Waals surface area (Å²) >= 11 is 0. The summed E-state index contributed by atoms with van der Waals surface area (Å²) in [4.78, 5) is 24.3. The van der Waals surface area contributed by atoms with Gasteiger partial charge in [0.05, 0.1) is 17.4 Å². The minimum Gasteiger partial charge on any atom is -0.489 e. The Morgan fingerprint density at radius 2 is 2.05 bits per heavy atom. The molecule has 1 aliphatic rings. The average molecular weight is 329 g/mol. The number of hydrogen-bond donors (Lipinski definition) is 2. The van der Waals surface area contributed by atoms with Crippen LogP contribution >= 0.6 is 12.4 Å². The number of fused-ring (bicyclic) bond motifs is 1. The Labute approximate surface area is 134 Å². The van der Waals surface area contributed by atoms with Crippen LogP contribution in [0, 0.1) is 0 Å². The van der Waals surface area contributed by atoms with Gasteiger partial charge in [-0.15, -0.1) is 12.4 Å². The van der Waals surface area contributed by atoms with Crippen LogP contribution in [-0.2, 0) is 0 Å². The van der Waals surface area contributed by atoms with Crippen molar-refractivity contribution in [3.8, 4) is 5.75 Å². The van der Waals surface area contributed by atoms with Gasteiger partial charge in [-0.3, -0.25) is 9.59 Å². The van der Waals surface area contributed by atoms with E-state index in [-0.39, 0.29) is 37.2 Å². The Balaban J connectivity index is 0.00000242. The van der Waals surface area contributed by atoms with Gasteiger partial charge in [-0.05, 0) is 32.0 Å². The number of rotatable bonds is 4. The molecule has 0 aromatic heterocycles. The fourth-order valence-corrected chi connectivity index (χ4v) is 2.05. The first-order valence-electron chi connectivity index (χ1n) is 6.51. The summed E-state index contributed by atoms with van der Waals surface area (Å²) in [5.74, 6) is -0.101. The Morgan fingerprint density at radius 3 is 2.64 bits per heavy atom. The van der Waals surface area contributed by atoms with E-state index in [0.29, 0.717) is 28.8 Å². The normalized spacial score (nSPS) is 16.5. The van der Waals surface area contributed by atoms with Gasteiger partial charge in [-0.2, -0.15) is 0 Å². The lowest BCUT2D eigenvalue weighted by Gasteiger charge is -2.30. The highest BCUT2D eigenvalue weighted by atomic mass is 35.5. The summed E-state index contributed by atoms with van der Waals surface area (Å²) in [6.07, 6.45) is 0.403. The molecule has 1 aliphatic heterocycles. The standard InChI is InChI=1S/C15H17FN2O3.ClH/c1-15(2)13(19)12-5-10(21-8-9(6-16)7-17)3-4-11(12)14(20)18-15;/h3-6H,7-8,17H2,1-2H3,(H,18,20);1H. The molecular weight excluding hydrogens is 311 g/mol. The number of nitrogens with two attached hydrogens (primary N) is 1. The number of Topliss-reactive ketones (excluding diaryl/α,β-unsaturated/α-hetero) is 1. The van der Waals surface area contributed by atoms with E-state index >= 15 is 0 Å². The van der Waals surface area contributed by atoms with E-state index < -0.39 is 5.54 Å². The first-order valence-corrected chi connectivity index (χ1v) is 6.51. The average Bonchev–Trinajstić information content (AvgIpc) is 2.45. The fourth-order valence-electron chi connectivity index (χ4n) is 2.05. The van der Waals surface area contributed by atoms with Crippen molar-refractivity contribution in [2.24, 2.45) is 5.73 Å². The molecule has 120 valence electrons. The highest BCUT2D eigenvalue weighted by Gasteiger charge is 2.38. The van der Waals surface area contributed by atoms with E-state index in [9.17, 15) is 14.0 Å². The molecule has 2 rings (SSSR count). The highest BCUT2D eigenvalue weighted by molar-refractivity contribution is 6.17. The van der Waals surface area contributed by atoms with E-state index in [1.165, 1.54) is 12.1 Å². The number of halogens is 2. The van der Waals surface area contributed by atoms with E-state index in [1.807, 2.05) is 0 Å². The lowest BCUT2D eigenvalue weighted by Crippen LogP contribution is -2.53. The molecule has 3 N–H and O–H groups in total. The lowest BCUT2D eigenvalue weighted by atomic mass is 9.86. The van der Waals surface area contributed by atoms with Crippen molar-refractivity contribution in [2.75, 3.05) is 13.2 Å². The zero-order valence-corrected chi connectivity index (χ0v) is 13.1. The van der Waals surface area contributed by atoms with Gasteiger partial charge in [0.25, 0.3) is 5.91 Å². The van der Waals surface area contributed by atoms with Crippen LogP contribution in [-0.4, -0.2) is 30.4 Å². The Kier molecular flexibility index (Phi) is 5.68. The Hall–Kier alpha value is -1.92. The van der Waals surface area contributed by atoms with Crippen molar-refractivity contribution in [1.29, 1.82) is 0 Å². The van der Waals surface area contributed by atoms with Crippen LogP contribution < -0.4 is 15.8 Å². The third-order valence-corrected chi connectivity index (χ3v) is 3.31. The van der Waals surface area contributed by atoms with Gasteiger partial charge >= 0.3 is 0 Å². The molecule has 0 aliphatic carbocycles. The summed E-state index contributed by atoms with van der Waals surface area (Å²) in [5, 5.41) is 2.65. The second-order valence-corrected chi connectivity index (χ2v) is 5.38. The number of carbonyl (C=O) groups is 2. The molecule has 22 heavy (non-hydrogen) atoms. The molecule has 0 saturated heterocycles. The molecule has 0 spiro atoms. The summed E-state index contributed by atoms with van der Waals surface area (Å²) < 4.78 is 17.8. The van der Waals surface area contributed by atoms with Gasteiger partial charge in [0.1, 0.15) is 12.4 Å². The molecule has 7 heteroatoms. The monoisotopic (exact) mass is 328 g/mol. The molecule has 0 bridgehead atoms. The number of ketones is 1. The van der Waals surface area contributed by atoms with Crippen LogP contribution in [0.15, 0.2) is 30.1 Å². The van der Waals surface area contributed by atoms with E-state index in [1.54, 1.807) is 19.9 Å². The van der Waals surface area contributed by atoms with Crippen LogP contribution in [0.3, 0.4) is 0 Å². The van der Waals surface area contributed by atoms with Crippen molar-refractivity contribution < 1.29 is 18.7 Å². The van der Waals surface area contributed by atoms with Gasteiger partial charge < -0.3 is 15.8 Å². The number of nitrogens with one attached hydrogen (secondary N) is 1. The fraction of sp³-hybridized carbons (Fsp3) is 0.333. The molecular formula is C15H18ClFN2O3. The number of amides is 1. The third-order valence-electron chi connectivity index (χ3n) is 3.31. The van der Waals surface area contributed by atoms with Crippen LogP contribution in [0.5, 0.6) is 5.75 Å². The number of benzene rings is 1. The van der Waals surface area contributed by atoms with Gasteiger partial charge in [-0.1, -0.05) is 0 Å². The minimum absolute atomic E-state index is 0. The Bertz CT molecular complexity index is 629. The SMILES string of the molecule is CC1(C)NC(=O)c2ccc(OCC(=CF)CN)cc2C1=O.Cl. The van der Waals surface area contributed by atoms with Crippen molar-refractivity contribution in [3.63, 3.8) is 0 Å². The molecule has 1 aromatic rings. The Morgan fingerprint density at radius 1 is 1.36 bits per heavy atom. The summed E-state index contributed by atoms with van der Waals surface area (Å²) in [6.45, 7) is 3.33. The quantitative estimate of drug-likeness (QED) is 0.885. The van der Waals surface area contributed by atoms with Crippen molar-refractivity contribution in [1.82, 2.24) is 5.32 Å². The maximum Gasteiger partial charge on any atom is 0.252 e. The van der Waals surface area contributed by atoms with Crippen molar-refractivity contribution >= 4 is 24.1 Å². The minimum atomic E-state index is -0.954. The zero-order chi connectivity index (χ0) is 15.6. The molecule has 5 nitrogen and oxygen atoms in total. The second-order valence-electron chi connectivity index (χ2n) is 5.38. The third kappa shape index (κ3) is 3.45. The number of hydrogen-bond acceptors (Lipinski definition) is 4. The summed E-state index contributed by atoms with van der Waals surface area (Å²) in [7, 11) is 0. The molecule has 0 radical (unpaired) electrons. The molecule has 0 atom stereocenters. The smallest absolute Gasteiger partial charge is 0.252 e. The van der Waals surface area contributed by atoms with E-state index in [4.69, 9.17) is 10.5 Å². The molecule has 0 unspecified atom stereocenters. The predicted molar refractivity (Wildman–Crippen MR) is 83.3 cm³/mol. The van der Waals surface area contributed by atoms with Crippen LogP contribution in [0.2, 0.25) is 0 Å². The lowest BCUT2D eigenvalue weighted by molar-refractivity contribution is 0.0767. The van der Waals surface area contributed by atoms with Gasteiger partial charge in [0.2, 0.25) is 0 Å². The number of carbonyl (C=O) groups excluding carboxylic acids is 2. The molecule has 1 aromatic carbocycles. The maximum atomic E-state index is 12.4. The topological polar surface area (TPSA) is 81.4 Å². The molecule has 1 amide bonds. The molecule has 1 heterocycles. The first-order chi connectivity index (χ1) is 9.89. The van der Waals surface area contributed by atoms with Gasteiger partial charge in [0, 0.05) is 17.7 Å². The summed E-state index contributed by atoms with van der Waals surface area (Å²) in [5.41, 5.74) is 5.30. The number of ether oxygens (including phenoxy) is 1.